The third-order valence-corrected chi connectivity index (χ3v) is 2.42. The zero-order chi connectivity index (χ0) is 8.44. The van der Waals surface area contributed by atoms with Crippen molar-refractivity contribution >= 4 is 0 Å². The number of aromatic amines is 1. The third-order valence-electron chi connectivity index (χ3n) is 2.42. The molecule has 0 aliphatic carbocycles. The Morgan fingerprint density at radius 1 is 1.58 bits per heavy atom. The largest absolute Gasteiger partial charge is 0.388 e. The van der Waals surface area contributed by atoms with Gasteiger partial charge >= 0.3 is 0 Å². The van der Waals surface area contributed by atoms with E-state index in [4.69, 9.17) is 0 Å². The summed E-state index contributed by atoms with van der Waals surface area (Å²) in [6, 6.07) is 2.01. The molecule has 0 radical (unpaired) electrons. The van der Waals surface area contributed by atoms with Crippen molar-refractivity contribution in [2.45, 2.75) is 18.4 Å². The number of hydrogen-bond acceptors (Lipinski definition) is 2. The van der Waals surface area contributed by atoms with Crippen LogP contribution in [0.15, 0.2) is 18.5 Å². The molecule has 1 aliphatic heterocycles. The predicted molar refractivity (Wildman–Crippen MR) is 46.9 cm³/mol. The first-order chi connectivity index (χ1) is 5.79. The second-order valence-corrected chi connectivity index (χ2v) is 3.55. The Morgan fingerprint density at radius 2 is 2.50 bits per heavy atom. The first-order valence-corrected chi connectivity index (χ1v) is 4.33. The SMILES string of the molecule is OC1(Cc2cc[nH]c2)CCNC1. The maximum absolute atomic E-state index is 9.99. The van der Waals surface area contributed by atoms with Crippen molar-refractivity contribution in [3.8, 4) is 0 Å². The molecule has 1 atom stereocenters. The van der Waals surface area contributed by atoms with E-state index in [2.05, 4.69) is 10.3 Å². The lowest BCUT2D eigenvalue weighted by Crippen LogP contribution is -2.33. The molecule has 0 spiro atoms. The summed E-state index contributed by atoms with van der Waals surface area (Å²) < 4.78 is 0. The Balaban J connectivity index is 2.02. The van der Waals surface area contributed by atoms with E-state index in [1.807, 2.05) is 18.5 Å². The van der Waals surface area contributed by atoms with Gasteiger partial charge in [0.2, 0.25) is 0 Å². The lowest BCUT2D eigenvalue weighted by atomic mass is 9.95. The van der Waals surface area contributed by atoms with Crippen molar-refractivity contribution in [1.82, 2.24) is 10.3 Å². The van der Waals surface area contributed by atoms with E-state index < -0.39 is 5.60 Å². The maximum Gasteiger partial charge on any atom is 0.0824 e. The number of nitrogens with one attached hydrogen (secondary N) is 2. The zero-order valence-electron chi connectivity index (χ0n) is 7.01. The van der Waals surface area contributed by atoms with Gasteiger partial charge in [-0.2, -0.15) is 0 Å². The highest BCUT2D eigenvalue weighted by atomic mass is 16.3. The average Bonchev–Trinajstić information content (AvgIpc) is 2.62. The Kier molecular flexibility index (Phi) is 1.90. The topological polar surface area (TPSA) is 48.0 Å². The Morgan fingerprint density at radius 3 is 3.08 bits per heavy atom. The Bertz CT molecular complexity index is 237. The van der Waals surface area contributed by atoms with Gasteiger partial charge < -0.3 is 15.4 Å². The van der Waals surface area contributed by atoms with Gasteiger partial charge in [-0.1, -0.05) is 0 Å². The minimum atomic E-state index is -0.512. The van der Waals surface area contributed by atoms with Gasteiger partial charge in [0.05, 0.1) is 5.60 Å². The van der Waals surface area contributed by atoms with Crippen LogP contribution in [-0.4, -0.2) is 28.8 Å². The molecule has 1 aromatic heterocycles. The lowest BCUT2D eigenvalue weighted by Gasteiger charge is -2.19. The molecule has 1 unspecified atom stereocenters. The van der Waals surface area contributed by atoms with Crippen molar-refractivity contribution in [3.05, 3.63) is 24.0 Å². The van der Waals surface area contributed by atoms with E-state index in [1.165, 1.54) is 5.56 Å². The summed E-state index contributed by atoms with van der Waals surface area (Å²) in [5.74, 6) is 0. The van der Waals surface area contributed by atoms with Crippen LogP contribution in [0.4, 0.5) is 0 Å². The molecule has 1 aromatic rings. The summed E-state index contributed by atoms with van der Waals surface area (Å²) in [7, 11) is 0. The summed E-state index contributed by atoms with van der Waals surface area (Å²) in [4.78, 5) is 2.99. The number of aliphatic hydroxyl groups is 1. The van der Waals surface area contributed by atoms with Crippen LogP contribution in [0.1, 0.15) is 12.0 Å². The van der Waals surface area contributed by atoms with Gasteiger partial charge in [-0.25, -0.2) is 0 Å². The predicted octanol–water partition coefficient (Wildman–Crippen LogP) is 0.282. The van der Waals surface area contributed by atoms with E-state index in [1.54, 1.807) is 0 Å². The van der Waals surface area contributed by atoms with Crippen molar-refractivity contribution in [1.29, 1.82) is 0 Å². The first kappa shape index (κ1) is 7.83. The number of rotatable bonds is 2. The molecular weight excluding hydrogens is 152 g/mol. The summed E-state index contributed by atoms with van der Waals surface area (Å²) in [6.07, 6.45) is 5.44. The van der Waals surface area contributed by atoms with Crippen LogP contribution in [0, 0.1) is 0 Å². The lowest BCUT2D eigenvalue weighted by molar-refractivity contribution is 0.0619. The van der Waals surface area contributed by atoms with Crippen molar-refractivity contribution < 1.29 is 5.11 Å². The first-order valence-electron chi connectivity index (χ1n) is 4.33. The molecule has 12 heavy (non-hydrogen) atoms. The van der Waals surface area contributed by atoms with Gasteiger partial charge in [-0.15, -0.1) is 0 Å². The van der Waals surface area contributed by atoms with E-state index >= 15 is 0 Å². The van der Waals surface area contributed by atoms with E-state index in [9.17, 15) is 5.11 Å². The molecule has 0 bridgehead atoms. The summed E-state index contributed by atoms with van der Waals surface area (Å²) in [5.41, 5.74) is 0.670. The molecule has 2 heterocycles. The fourth-order valence-corrected chi connectivity index (χ4v) is 1.73. The second kappa shape index (κ2) is 2.92. The van der Waals surface area contributed by atoms with Gasteiger partial charge in [0.15, 0.2) is 0 Å². The molecular formula is C9H14N2O. The molecule has 2 rings (SSSR count). The Hall–Kier alpha value is -0.800. The van der Waals surface area contributed by atoms with Gasteiger partial charge in [0, 0.05) is 25.4 Å². The molecule has 1 aliphatic rings. The van der Waals surface area contributed by atoms with Crippen molar-refractivity contribution in [3.63, 3.8) is 0 Å². The van der Waals surface area contributed by atoms with Crippen molar-refractivity contribution in [2.75, 3.05) is 13.1 Å². The van der Waals surface area contributed by atoms with Crippen LogP contribution in [0.3, 0.4) is 0 Å². The second-order valence-electron chi connectivity index (χ2n) is 3.55. The quantitative estimate of drug-likeness (QED) is 0.591. The van der Waals surface area contributed by atoms with Crippen LogP contribution in [0.5, 0.6) is 0 Å². The van der Waals surface area contributed by atoms with Gasteiger partial charge in [0.25, 0.3) is 0 Å². The van der Waals surface area contributed by atoms with Crippen LogP contribution >= 0.6 is 0 Å². The average molecular weight is 166 g/mol. The van der Waals surface area contributed by atoms with E-state index in [0.717, 1.165) is 25.9 Å². The molecule has 0 amide bonds. The summed E-state index contributed by atoms with van der Waals surface area (Å²) in [5, 5.41) is 13.2. The molecule has 3 N–H and O–H groups in total. The van der Waals surface area contributed by atoms with E-state index in [0.29, 0.717) is 0 Å². The normalized spacial score (nSPS) is 29.4. The van der Waals surface area contributed by atoms with Crippen molar-refractivity contribution in [2.24, 2.45) is 0 Å². The molecule has 3 heteroatoms. The minimum Gasteiger partial charge on any atom is -0.388 e. The van der Waals surface area contributed by atoms with Crippen LogP contribution in [0.2, 0.25) is 0 Å². The smallest absolute Gasteiger partial charge is 0.0824 e. The zero-order valence-corrected chi connectivity index (χ0v) is 7.01. The third kappa shape index (κ3) is 1.52. The molecule has 66 valence electrons. The molecule has 3 nitrogen and oxygen atoms in total. The molecule has 1 fully saturated rings. The van der Waals surface area contributed by atoms with E-state index in [-0.39, 0.29) is 0 Å². The van der Waals surface area contributed by atoms with Crippen LogP contribution < -0.4 is 5.32 Å². The number of H-pyrrole nitrogens is 1. The monoisotopic (exact) mass is 166 g/mol. The highest BCUT2D eigenvalue weighted by molar-refractivity contribution is 5.13. The summed E-state index contributed by atoms with van der Waals surface area (Å²) >= 11 is 0. The fourth-order valence-electron chi connectivity index (χ4n) is 1.73. The summed E-state index contributed by atoms with van der Waals surface area (Å²) in [6.45, 7) is 1.65. The van der Waals surface area contributed by atoms with Gasteiger partial charge in [-0.3, -0.25) is 0 Å². The minimum absolute atomic E-state index is 0.512. The molecule has 0 saturated carbocycles. The molecule has 0 aromatic carbocycles. The number of aromatic nitrogens is 1. The van der Waals surface area contributed by atoms with Gasteiger partial charge in [-0.05, 0) is 24.6 Å². The maximum atomic E-state index is 9.99. The Labute approximate surface area is 71.8 Å². The number of β-amino-alcohol motifs (C(OH)–C–C–N with tert-alkyl or cyclic N) is 1. The highest BCUT2D eigenvalue weighted by Crippen LogP contribution is 2.19. The fraction of sp³-hybridized carbons (Fsp3) is 0.556. The standard InChI is InChI=1S/C9H14N2O/c12-9(2-4-11-7-9)5-8-1-3-10-6-8/h1,3,6,10-12H,2,4-5,7H2. The van der Waals surface area contributed by atoms with Crippen LogP contribution in [0.25, 0.3) is 0 Å². The number of hydrogen-bond donors (Lipinski definition) is 3. The molecule has 1 saturated heterocycles. The van der Waals surface area contributed by atoms with Crippen LogP contribution in [-0.2, 0) is 6.42 Å². The van der Waals surface area contributed by atoms with Gasteiger partial charge in [0.1, 0.15) is 0 Å². The highest BCUT2D eigenvalue weighted by Gasteiger charge is 2.30.